The summed E-state index contributed by atoms with van der Waals surface area (Å²) in [5.41, 5.74) is 0. The number of hydrogen-bond acceptors (Lipinski definition) is 2. The molecule has 0 aromatic carbocycles. The molecule has 1 atom stereocenters. The second kappa shape index (κ2) is 9.38. The average molecular weight is 379 g/mol. The van der Waals surface area contributed by atoms with Gasteiger partial charge in [-0.25, -0.2) is 0 Å². The first-order valence-electron chi connectivity index (χ1n) is 5.79. The summed E-state index contributed by atoms with van der Waals surface area (Å²) in [6, 6.07) is 4.72. The Labute approximate surface area is 131 Å². The molecule has 18 heavy (non-hydrogen) atoms. The molecular weight excluding hydrogens is 357 g/mol. The average Bonchev–Trinajstić information content (AvgIpc) is 2.69. The largest absolute Gasteiger partial charge is 0.354 e. The third-order valence-corrected chi connectivity index (χ3v) is 3.35. The highest BCUT2D eigenvalue weighted by atomic mass is 127. The molecule has 1 rings (SSSR count). The number of guanidine groups is 1. The summed E-state index contributed by atoms with van der Waals surface area (Å²) in [6.07, 6.45) is 2.84. The molecule has 0 fully saturated rings. The van der Waals surface area contributed by atoms with E-state index in [9.17, 15) is 0 Å². The van der Waals surface area contributed by atoms with Gasteiger partial charge in [-0.3, -0.25) is 4.99 Å². The van der Waals surface area contributed by atoms with E-state index < -0.39 is 0 Å². The minimum Gasteiger partial charge on any atom is -0.354 e. The quantitative estimate of drug-likeness (QED) is 0.357. The van der Waals surface area contributed by atoms with Crippen LogP contribution in [-0.4, -0.2) is 25.6 Å². The summed E-state index contributed by atoms with van der Waals surface area (Å²) in [5.74, 6) is 0.825. The molecule has 0 aliphatic carbocycles. The smallest absolute Gasteiger partial charge is 0.191 e. The zero-order valence-corrected chi connectivity index (χ0v) is 14.3. The summed E-state index contributed by atoms with van der Waals surface area (Å²) in [6.45, 7) is 8.70. The Hall–Kier alpha value is -0.560. The van der Waals surface area contributed by atoms with E-state index in [-0.39, 0.29) is 24.0 Å². The normalized spacial score (nSPS) is 12.5. The molecule has 3 nitrogen and oxygen atoms in total. The maximum Gasteiger partial charge on any atom is 0.191 e. The maximum absolute atomic E-state index is 4.16. The first kappa shape index (κ1) is 17.4. The molecule has 0 aliphatic heterocycles. The molecule has 1 aromatic heterocycles. The van der Waals surface area contributed by atoms with Crippen molar-refractivity contribution < 1.29 is 0 Å². The molecule has 0 bridgehead atoms. The Bertz CT molecular complexity index is 387. The van der Waals surface area contributed by atoms with Gasteiger partial charge in [0.25, 0.3) is 0 Å². The van der Waals surface area contributed by atoms with Gasteiger partial charge in [0.1, 0.15) is 0 Å². The highest BCUT2D eigenvalue weighted by Crippen LogP contribution is 2.16. The number of thiophene rings is 1. The molecule has 1 heterocycles. The number of aliphatic imine (C=N–C) groups is 1. The molecule has 0 saturated heterocycles. The van der Waals surface area contributed by atoms with E-state index in [0.29, 0.717) is 6.04 Å². The van der Waals surface area contributed by atoms with Crippen molar-refractivity contribution in [2.45, 2.75) is 26.3 Å². The first-order chi connectivity index (χ1) is 8.15. The number of nitrogens with zero attached hydrogens (tertiary/aromatic N) is 1. The van der Waals surface area contributed by atoms with Crippen molar-refractivity contribution in [3.63, 3.8) is 0 Å². The van der Waals surface area contributed by atoms with Crippen LogP contribution in [0, 0.1) is 6.92 Å². The summed E-state index contributed by atoms with van der Waals surface area (Å²) < 4.78 is 0. The van der Waals surface area contributed by atoms with Crippen LogP contribution in [0.2, 0.25) is 0 Å². The van der Waals surface area contributed by atoms with E-state index in [0.717, 1.165) is 18.9 Å². The molecule has 5 heteroatoms. The Kier molecular flexibility index (Phi) is 9.09. The van der Waals surface area contributed by atoms with Crippen molar-refractivity contribution in [1.29, 1.82) is 0 Å². The lowest BCUT2D eigenvalue weighted by atomic mass is 10.2. The van der Waals surface area contributed by atoms with Crippen LogP contribution in [0.25, 0.3) is 0 Å². The van der Waals surface area contributed by atoms with E-state index in [1.165, 1.54) is 9.75 Å². The Morgan fingerprint density at radius 1 is 1.56 bits per heavy atom. The van der Waals surface area contributed by atoms with Crippen LogP contribution in [0.3, 0.4) is 0 Å². The van der Waals surface area contributed by atoms with Crippen LogP contribution in [0.15, 0.2) is 29.8 Å². The summed E-state index contributed by atoms with van der Waals surface area (Å²) in [7, 11) is 1.78. The Morgan fingerprint density at radius 3 is 2.78 bits per heavy atom. The van der Waals surface area contributed by atoms with Crippen LogP contribution < -0.4 is 10.6 Å². The van der Waals surface area contributed by atoms with E-state index in [2.05, 4.69) is 48.2 Å². The lowest BCUT2D eigenvalue weighted by Crippen LogP contribution is -2.42. The number of hydrogen-bond donors (Lipinski definition) is 2. The van der Waals surface area contributed by atoms with Gasteiger partial charge in [0, 0.05) is 35.8 Å². The third-order valence-electron chi connectivity index (χ3n) is 2.32. The Morgan fingerprint density at radius 2 is 2.28 bits per heavy atom. The molecule has 0 radical (unpaired) electrons. The van der Waals surface area contributed by atoms with Crippen LogP contribution in [0.4, 0.5) is 0 Å². The van der Waals surface area contributed by atoms with Gasteiger partial charge >= 0.3 is 0 Å². The summed E-state index contributed by atoms with van der Waals surface area (Å²) in [5, 5.41) is 6.52. The molecule has 1 aromatic rings. The van der Waals surface area contributed by atoms with Crippen molar-refractivity contribution >= 4 is 41.3 Å². The lowest BCUT2D eigenvalue weighted by molar-refractivity contribution is 0.650. The number of halogens is 1. The van der Waals surface area contributed by atoms with Crippen LogP contribution >= 0.6 is 35.3 Å². The van der Waals surface area contributed by atoms with Gasteiger partial charge in [-0.05, 0) is 26.0 Å². The predicted molar refractivity (Wildman–Crippen MR) is 92.3 cm³/mol. The van der Waals surface area contributed by atoms with Gasteiger partial charge in [-0.15, -0.1) is 41.9 Å². The molecule has 2 N–H and O–H groups in total. The summed E-state index contributed by atoms with van der Waals surface area (Å²) in [4.78, 5) is 6.93. The zero-order valence-electron chi connectivity index (χ0n) is 11.2. The predicted octanol–water partition coefficient (Wildman–Crippen LogP) is 2.96. The molecule has 0 spiro atoms. The maximum atomic E-state index is 4.16. The standard InChI is InChI=1S/C13H21N3S.HI/c1-5-8-15-13(14-4)16-10(2)9-12-7-6-11(3)17-12;/h5-7,10H,1,8-9H2,2-4H3,(H2,14,15,16);1H. The first-order valence-corrected chi connectivity index (χ1v) is 6.60. The van der Waals surface area contributed by atoms with Crippen LogP contribution in [-0.2, 0) is 6.42 Å². The highest BCUT2D eigenvalue weighted by molar-refractivity contribution is 14.0. The molecule has 1 unspecified atom stereocenters. The van der Waals surface area contributed by atoms with Gasteiger partial charge in [0.05, 0.1) is 0 Å². The molecular formula is C13H22IN3S. The second-order valence-electron chi connectivity index (χ2n) is 4.00. The van der Waals surface area contributed by atoms with Crippen molar-refractivity contribution in [3.8, 4) is 0 Å². The second-order valence-corrected chi connectivity index (χ2v) is 5.38. The van der Waals surface area contributed by atoms with Crippen molar-refractivity contribution in [1.82, 2.24) is 10.6 Å². The SMILES string of the molecule is C=CCNC(=NC)NC(C)Cc1ccc(C)s1.I. The van der Waals surface area contributed by atoms with Crippen molar-refractivity contribution in [3.05, 3.63) is 34.5 Å². The molecule has 0 saturated carbocycles. The number of nitrogens with one attached hydrogen (secondary N) is 2. The minimum atomic E-state index is 0. The van der Waals surface area contributed by atoms with Gasteiger partial charge in [-0.2, -0.15) is 0 Å². The Balaban J connectivity index is 0.00000289. The monoisotopic (exact) mass is 379 g/mol. The highest BCUT2D eigenvalue weighted by Gasteiger charge is 2.06. The van der Waals surface area contributed by atoms with Crippen molar-refractivity contribution in [2.24, 2.45) is 4.99 Å². The van der Waals surface area contributed by atoms with E-state index in [1.807, 2.05) is 17.4 Å². The lowest BCUT2D eigenvalue weighted by Gasteiger charge is -2.16. The van der Waals surface area contributed by atoms with Crippen LogP contribution in [0.5, 0.6) is 0 Å². The molecule has 0 aliphatic rings. The fourth-order valence-corrected chi connectivity index (χ4v) is 2.56. The van der Waals surface area contributed by atoms with E-state index in [4.69, 9.17) is 0 Å². The van der Waals surface area contributed by atoms with E-state index >= 15 is 0 Å². The van der Waals surface area contributed by atoms with Gasteiger partial charge in [0.15, 0.2) is 5.96 Å². The minimum absolute atomic E-state index is 0. The fourth-order valence-electron chi connectivity index (χ4n) is 1.54. The molecule has 102 valence electrons. The third kappa shape index (κ3) is 6.39. The van der Waals surface area contributed by atoms with E-state index in [1.54, 1.807) is 7.05 Å². The zero-order chi connectivity index (χ0) is 12.7. The number of aryl methyl sites for hydroxylation is 1. The van der Waals surface area contributed by atoms with Crippen LogP contribution in [0.1, 0.15) is 16.7 Å². The van der Waals surface area contributed by atoms with Gasteiger partial charge in [-0.1, -0.05) is 6.08 Å². The topological polar surface area (TPSA) is 36.4 Å². The van der Waals surface area contributed by atoms with Gasteiger partial charge < -0.3 is 10.6 Å². The van der Waals surface area contributed by atoms with Crippen molar-refractivity contribution in [2.75, 3.05) is 13.6 Å². The molecule has 0 amide bonds. The van der Waals surface area contributed by atoms with Gasteiger partial charge in [0.2, 0.25) is 0 Å². The number of rotatable bonds is 5. The summed E-state index contributed by atoms with van der Waals surface area (Å²) >= 11 is 1.85. The fraction of sp³-hybridized carbons (Fsp3) is 0.462.